The third kappa shape index (κ3) is 6.14. The van der Waals surface area contributed by atoms with E-state index < -0.39 is 10.0 Å². The van der Waals surface area contributed by atoms with Crippen LogP contribution in [0.1, 0.15) is 28.7 Å². The molecule has 1 aromatic heterocycles. The van der Waals surface area contributed by atoms with Gasteiger partial charge >= 0.3 is 0 Å². The fourth-order valence-corrected chi connectivity index (χ4v) is 3.82. The summed E-state index contributed by atoms with van der Waals surface area (Å²) in [6, 6.07) is 14.7. The van der Waals surface area contributed by atoms with Crippen molar-refractivity contribution < 1.29 is 17.9 Å². The third-order valence-corrected chi connectivity index (χ3v) is 5.65. The molecule has 32 heavy (non-hydrogen) atoms. The van der Waals surface area contributed by atoms with Crippen molar-refractivity contribution in [1.82, 2.24) is 9.97 Å². The zero-order chi connectivity index (χ0) is 23.1. The number of aryl methyl sites for hydroxylation is 2. The van der Waals surface area contributed by atoms with E-state index in [0.29, 0.717) is 35.0 Å². The van der Waals surface area contributed by atoms with Crippen LogP contribution < -0.4 is 14.8 Å². The number of nitrogens with zero attached hydrogens (tertiary/aromatic N) is 2. The quantitative estimate of drug-likeness (QED) is 0.371. The first-order chi connectivity index (χ1) is 15.3. The highest BCUT2D eigenvalue weighted by Crippen LogP contribution is 2.17. The Morgan fingerprint density at radius 1 is 1.00 bits per heavy atom. The Morgan fingerprint density at radius 2 is 1.62 bits per heavy atom. The summed E-state index contributed by atoms with van der Waals surface area (Å²) in [6.45, 7) is 5.99. The first-order valence-electron chi connectivity index (χ1n) is 9.92. The number of anilines is 2. The molecule has 0 aliphatic rings. The molecule has 3 aromatic rings. The summed E-state index contributed by atoms with van der Waals surface area (Å²) in [7, 11) is -3.83. The predicted molar refractivity (Wildman–Crippen MR) is 123 cm³/mol. The van der Waals surface area contributed by atoms with Gasteiger partial charge in [0.05, 0.1) is 11.5 Å². The van der Waals surface area contributed by atoms with Crippen LogP contribution in [-0.2, 0) is 10.0 Å². The molecule has 0 radical (unpaired) electrons. The summed E-state index contributed by atoms with van der Waals surface area (Å²) in [5.74, 6) is 0.567. The van der Waals surface area contributed by atoms with E-state index in [1.54, 1.807) is 56.3 Å². The molecule has 9 heteroatoms. The van der Waals surface area contributed by atoms with Crippen LogP contribution in [0.15, 0.2) is 71.8 Å². The number of carbonyl (C=O) groups excluding carboxylic acids is 1. The van der Waals surface area contributed by atoms with Crippen LogP contribution in [0.3, 0.4) is 0 Å². The van der Waals surface area contributed by atoms with Gasteiger partial charge in [-0.1, -0.05) is 0 Å². The van der Waals surface area contributed by atoms with Crippen LogP contribution >= 0.6 is 0 Å². The first-order valence-corrected chi connectivity index (χ1v) is 11.4. The van der Waals surface area contributed by atoms with E-state index in [4.69, 9.17) is 4.74 Å². The Hall–Kier alpha value is -3.72. The fraction of sp³-hybridized carbons (Fsp3) is 0.174. The van der Waals surface area contributed by atoms with E-state index in [0.717, 1.165) is 0 Å². The summed E-state index contributed by atoms with van der Waals surface area (Å²) >= 11 is 0. The standard InChI is InChI=1S/C23H24N4O4S/c1-4-31-20-9-5-18(6-10-20)22(28)13-14-24-19-7-11-21(12-8-19)32(29,30)27-23-25-16(2)15-17(3)26-23/h5-15,24H,4H2,1-3H3,(H,25,26,27)/b14-13-. The van der Waals surface area contributed by atoms with Crippen LogP contribution in [0.4, 0.5) is 11.6 Å². The molecule has 2 aromatic carbocycles. The number of benzene rings is 2. The lowest BCUT2D eigenvalue weighted by Gasteiger charge is -2.09. The Morgan fingerprint density at radius 3 is 2.22 bits per heavy atom. The maximum atomic E-state index is 12.6. The maximum Gasteiger partial charge on any atom is 0.264 e. The predicted octanol–water partition coefficient (Wildman–Crippen LogP) is 4.10. The number of rotatable bonds is 9. The summed E-state index contributed by atoms with van der Waals surface area (Å²) in [5.41, 5.74) is 2.50. The normalized spacial score (nSPS) is 11.3. The highest BCUT2D eigenvalue weighted by Gasteiger charge is 2.16. The van der Waals surface area contributed by atoms with Gasteiger partial charge in [-0.3, -0.25) is 4.79 Å². The first kappa shape index (κ1) is 23.0. The maximum absolute atomic E-state index is 12.6. The number of ether oxygens (including phenoxy) is 1. The topological polar surface area (TPSA) is 110 Å². The molecule has 0 amide bonds. The molecule has 166 valence electrons. The Balaban J connectivity index is 1.61. The summed E-state index contributed by atoms with van der Waals surface area (Å²) in [6.07, 6.45) is 2.91. The van der Waals surface area contributed by atoms with Crippen molar-refractivity contribution in [3.63, 3.8) is 0 Å². The van der Waals surface area contributed by atoms with E-state index in [1.165, 1.54) is 24.4 Å². The Kier molecular flexibility index (Phi) is 7.21. The van der Waals surface area contributed by atoms with Crippen molar-refractivity contribution in [3.8, 4) is 5.75 Å². The number of sulfonamides is 1. The number of ketones is 1. The minimum atomic E-state index is -3.83. The molecule has 0 saturated heterocycles. The number of carbonyl (C=O) groups is 1. The summed E-state index contributed by atoms with van der Waals surface area (Å²) < 4.78 is 32.9. The van der Waals surface area contributed by atoms with Crippen LogP contribution in [0, 0.1) is 13.8 Å². The number of hydrogen-bond acceptors (Lipinski definition) is 7. The monoisotopic (exact) mass is 452 g/mol. The lowest BCUT2D eigenvalue weighted by molar-refractivity contribution is 0.104. The largest absolute Gasteiger partial charge is 0.494 e. The van der Waals surface area contributed by atoms with Gasteiger partial charge in [0.1, 0.15) is 5.75 Å². The van der Waals surface area contributed by atoms with Gasteiger partial charge in [-0.05, 0) is 75.4 Å². The highest BCUT2D eigenvalue weighted by atomic mass is 32.2. The molecule has 1 heterocycles. The molecular formula is C23H24N4O4S. The molecule has 0 saturated carbocycles. The third-order valence-electron chi connectivity index (χ3n) is 4.31. The number of nitrogens with one attached hydrogen (secondary N) is 2. The fourth-order valence-electron chi connectivity index (χ4n) is 2.87. The van der Waals surface area contributed by atoms with Crippen LogP contribution in [-0.4, -0.2) is 30.8 Å². The minimum Gasteiger partial charge on any atom is -0.494 e. The van der Waals surface area contributed by atoms with Crippen molar-refractivity contribution in [3.05, 3.63) is 83.8 Å². The molecule has 0 unspecified atom stereocenters. The Labute approximate surface area is 187 Å². The van der Waals surface area contributed by atoms with E-state index in [2.05, 4.69) is 20.0 Å². The molecule has 0 spiro atoms. The summed E-state index contributed by atoms with van der Waals surface area (Å²) in [5, 5.41) is 2.95. The molecular weight excluding hydrogens is 428 g/mol. The molecule has 3 rings (SSSR count). The smallest absolute Gasteiger partial charge is 0.264 e. The van der Waals surface area contributed by atoms with E-state index in [9.17, 15) is 13.2 Å². The van der Waals surface area contributed by atoms with E-state index >= 15 is 0 Å². The van der Waals surface area contributed by atoms with Gasteiger partial charge in [-0.15, -0.1) is 0 Å². The van der Waals surface area contributed by atoms with E-state index in [1.807, 2.05) is 6.92 Å². The van der Waals surface area contributed by atoms with Crippen LogP contribution in [0.25, 0.3) is 0 Å². The minimum absolute atomic E-state index is 0.0282. The zero-order valence-electron chi connectivity index (χ0n) is 18.0. The molecule has 2 N–H and O–H groups in total. The summed E-state index contributed by atoms with van der Waals surface area (Å²) in [4.78, 5) is 20.5. The van der Waals surface area contributed by atoms with Crippen molar-refractivity contribution in [1.29, 1.82) is 0 Å². The van der Waals surface area contributed by atoms with Crippen molar-refractivity contribution >= 4 is 27.4 Å². The van der Waals surface area contributed by atoms with Gasteiger partial charge in [0.25, 0.3) is 10.0 Å². The lowest BCUT2D eigenvalue weighted by atomic mass is 10.1. The molecule has 0 bridgehead atoms. The average Bonchev–Trinajstić information content (AvgIpc) is 2.74. The lowest BCUT2D eigenvalue weighted by Crippen LogP contribution is -2.15. The van der Waals surface area contributed by atoms with Crippen LogP contribution in [0.5, 0.6) is 5.75 Å². The Bertz CT molecular complexity index is 1200. The van der Waals surface area contributed by atoms with Gasteiger partial charge in [-0.2, -0.15) is 0 Å². The van der Waals surface area contributed by atoms with Gasteiger partial charge in [-0.25, -0.2) is 23.1 Å². The number of allylic oxidation sites excluding steroid dienone is 1. The van der Waals surface area contributed by atoms with Crippen molar-refractivity contribution in [2.75, 3.05) is 16.6 Å². The molecule has 0 aliphatic heterocycles. The second-order valence-electron chi connectivity index (χ2n) is 6.90. The van der Waals surface area contributed by atoms with Crippen LogP contribution in [0.2, 0.25) is 0 Å². The highest BCUT2D eigenvalue weighted by molar-refractivity contribution is 7.92. The van der Waals surface area contributed by atoms with Crippen molar-refractivity contribution in [2.24, 2.45) is 0 Å². The second-order valence-corrected chi connectivity index (χ2v) is 8.59. The number of aromatic nitrogens is 2. The second kappa shape index (κ2) is 10.1. The van der Waals surface area contributed by atoms with E-state index in [-0.39, 0.29) is 16.6 Å². The van der Waals surface area contributed by atoms with Crippen molar-refractivity contribution in [2.45, 2.75) is 25.7 Å². The molecule has 0 atom stereocenters. The molecule has 0 aliphatic carbocycles. The van der Waals surface area contributed by atoms with Gasteiger partial charge in [0.2, 0.25) is 5.95 Å². The zero-order valence-corrected chi connectivity index (χ0v) is 18.8. The van der Waals surface area contributed by atoms with Gasteiger partial charge in [0, 0.05) is 34.9 Å². The van der Waals surface area contributed by atoms with Gasteiger partial charge < -0.3 is 10.1 Å². The SMILES string of the molecule is CCOc1ccc(C(=O)/C=C\Nc2ccc(S(=O)(=O)Nc3nc(C)cc(C)n3)cc2)cc1. The molecule has 0 fully saturated rings. The molecule has 8 nitrogen and oxygen atoms in total. The number of hydrogen-bond donors (Lipinski definition) is 2. The average molecular weight is 453 g/mol. The van der Waals surface area contributed by atoms with Gasteiger partial charge in [0.15, 0.2) is 5.78 Å².